The lowest BCUT2D eigenvalue weighted by atomic mass is 10.0. The van der Waals surface area contributed by atoms with E-state index in [4.69, 9.17) is 4.42 Å². The van der Waals surface area contributed by atoms with Gasteiger partial charge in [-0.1, -0.05) is 54.6 Å². The molecule has 2 aromatic heterocycles. The summed E-state index contributed by atoms with van der Waals surface area (Å²) in [4.78, 5) is 12.5. The fourth-order valence-corrected chi connectivity index (χ4v) is 4.26. The minimum absolute atomic E-state index is 0.301. The van der Waals surface area contributed by atoms with Gasteiger partial charge in [-0.2, -0.15) is 0 Å². The van der Waals surface area contributed by atoms with Crippen LogP contribution in [0.15, 0.2) is 100 Å². The molecule has 0 saturated heterocycles. The summed E-state index contributed by atoms with van der Waals surface area (Å²) >= 11 is 0. The molecule has 0 radical (unpaired) electrons. The molecule has 0 N–H and O–H groups in total. The highest BCUT2D eigenvalue weighted by molar-refractivity contribution is 6.23. The van der Waals surface area contributed by atoms with E-state index in [1.807, 2.05) is 48.5 Å². The SMILES string of the molecule is O=c1oc2ccc3c4ccccc4n(-c4ccccc4)c3c2c2ccccc12. The number of fused-ring (bicyclic) bond motifs is 7. The van der Waals surface area contributed by atoms with Crippen LogP contribution in [0.2, 0.25) is 0 Å². The second kappa shape index (κ2) is 5.57. The predicted molar refractivity (Wildman–Crippen MR) is 114 cm³/mol. The zero-order valence-electron chi connectivity index (χ0n) is 14.9. The average molecular weight is 361 g/mol. The highest BCUT2D eigenvalue weighted by Crippen LogP contribution is 2.38. The van der Waals surface area contributed by atoms with Crippen LogP contribution in [-0.4, -0.2) is 4.57 Å². The summed E-state index contributed by atoms with van der Waals surface area (Å²) in [5.74, 6) is 0. The Morgan fingerprint density at radius 3 is 2.11 bits per heavy atom. The van der Waals surface area contributed by atoms with E-state index in [2.05, 4.69) is 47.0 Å². The molecule has 132 valence electrons. The fraction of sp³-hybridized carbons (Fsp3) is 0. The van der Waals surface area contributed by atoms with Crippen LogP contribution < -0.4 is 5.63 Å². The first-order valence-corrected chi connectivity index (χ1v) is 9.26. The summed E-state index contributed by atoms with van der Waals surface area (Å²) in [5.41, 5.74) is 3.58. The summed E-state index contributed by atoms with van der Waals surface area (Å²) in [7, 11) is 0. The molecule has 0 amide bonds. The van der Waals surface area contributed by atoms with E-state index in [9.17, 15) is 4.79 Å². The summed E-state index contributed by atoms with van der Waals surface area (Å²) in [6.07, 6.45) is 0. The van der Waals surface area contributed by atoms with Gasteiger partial charge in [-0.05, 0) is 36.4 Å². The third kappa shape index (κ3) is 1.96. The first-order valence-electron chi connectivity index (χ1n) is 9.26. The van der Waals surface area contributed by atoms with Crippen molar-refractivity contribution in [1.29, 1.82) is 0 Å². The minimum Gasteiger partial charge on any atom is -0.422 e. The quantitative estimate of drug-likeness (QED) is 0.264. The van der Waals surface area contributed by atoms with Crippen LogP contribution in [0.4, 0.5) is 0 Å². The van der Waals surface area contributed by atoms with Crippen molar-refractivity contribution in [2.75, 3.05) is 0 Å². The van der Waals surface area contributed by atoms with Crippen molar-refractivity contribution >= 4 is 43.5 Å². The monoisotopic (exact) mass is 361 g/mol. The van der Waals surface area contributed by atoms with Crippen LogP contribution in [0.3, 0.4) is 0 Å². The van der Waals surface area contributed by atoms with Gasteiger partial charge < -0.3 is 8.98 Å². The molecule has 3 nitrogen and oxygen atoms in total. The second-order valence-electron chi connectivity index (χ2n) is 6.96. The van der Waals surface area contributed by atoms with Crippen LogP contribution in [0.5, 0.6) is 0 Å². The molecule has 3 heteroatoms. The zero-order chi connectivity index (χ0) is 18.7. The Kier molecular flexibility index (Phi) is 3.03. The number of para-hydroxylation sites is 2. The third-order valence-corrected chi connectivity index (χ3v) is 5.43. The largest absolute Gasteiger partial charge is 0.422 e. The number of benzene rings is 4. The molecule has 0 aliphatic heterocycles. The summed E-state index contributed by atoms with van der Waals surface area (Å²) in [6.45, 7) is 0. The Labute approximate surface area is 160 Å². The lowest BCUT2D eigenvalue weighted by molar-refractivity contribution is 0.570. The van der Waals surface area contributed by atoms with Gasteiger partial charge in [0.15, 0.2) is 0 Å². The number of aromatic nitrogens is 1. The Balaban J connectivity index is 1.98. The molecule has 0 bridgehead atoms. The highest BCUT2D eigenvalue weighted by Gasteiger charge is 2.18. The van der Waals surface area contributed by atoms with Gasteiger partial charge in [0.2, 0.25) is 0 Å². The van der Waals surface area contributed by atoms with E-state index in [1.165, 1.54) is 5.39 Å². The van der Waals surface area contributed by atoms with Crippen molar-refractivity contribution in [2.45, 2.75) is 0 Å². The molecule has 0 spiro atoms. The van der Waals surface area contributed by atoms with Crippen LogP contribution in [-0.2, 0) is 0 Å². The molecule has 2 heterocycles. The van der Waals surface area contributed by atoms with Crippen LogP contribution >= 0.6 is 0 Å². The van der Waals surface area contributed by atoms with Gasteiger partial charge in [0.25, 0.3) is 0 Å². The molecule has 28 heavy (non-hydrogen) atoms. The van der Waals surface area contributed by atoms with E-state index >= 15 is 0 Å². The predicted octanol–water partition coefficient (Wildman–Crippen LogP) is 6.04. The van der Waals surface area contributed by atoms with Gasteiger partial charge in [0.1, 0.15) is 5.58 Å². The molecule has 0 fully saturated rings. The normalized spacial score (nSPS) is 11.7. The molecule has 6 aromatic rings. The summed E-state index contributed by atoms with van der Waals surface area (Å²) in [5, 5.41) is 4.81. The highest BCUT2D eigenvalue weighted by atomic mass is 16.4. The Hall–Kier alpha value is -3.85. The van der Waals surface area contributed by atoms with E-state index in [-0.39, 0.29) is 5.63 Å². The molecule has 0 atom stereocenters. The van der Waals surface area contributed by atoms with Gasteiger partial charge in [-0.25, -0.2) is 4.79 Å². The van der Waals surface area contributed by atoms with Crippen molar-refractivity contribution in [3.05, 3.63) is 101 Å². The van der Waals surface area contributed by atoms with Crippen LogP contribution in [0, 0.1) is 0 Å². The molecular weight excluding hydrogens is 346 g/mol. The first kappa shape index (κ1) is 15.2. The van der Waals surface area contributed by atoms with Crippen molar-refractivity contribution in [3.63, 3.8) is 0 Å². The number of rotatable bonds is 1. The zero-order valence-corrected chi connectivity index (χ0v) is 14.9. The van der Waals surface area contributed by atoms with Gasteiger partial charge in [-0.15, -0.1) is 0 Å². The minimum atomic E-state index is -0.301. The standard InChI is InChI=1S/C25H15NO2/c27-25-20-12-5-4-11-18(20)23-22(28-25)15-14-19-17-10-6-7-13-21(17)26(24(19)23)16-8-2-1-3-9-16/h1-15H. The van der Waals surface area contributed by atoms with Crippen molar-refractivity contribution in [3.8, 4) is 5.69 Å². The Morgan fingerprint density at radius 2 is 1.29 bits per heavy atom. The molecule has 0 saturated carbocycles. The second-order valence-corrected chi connectivity index (χ2v) is 6.96. The maximum atomic E-state index is 12.5. The average Bonchev–Trinajstić information content (AvgIpc) is 3.09. The summed E-state index contributed by atoms with van der Waals surface area (Å²) < 4.78 is 7.96. The topological polar surface area (TPSA) is 35.1 Å². The van der Waals surface area contributed by atoms with E-state index in [0.29, 0.717) is 11.0 Å². The molecule has 0 aliphatic carbocycles. The fourth-order valence-electron chi connectivity index (χ4n) is 4.26. The number of hydrogen-bond donors (Lipinski definition) is 0. The Bertz CT molecular complexity index is 1570. The lowest BCUT2D eigenvalue weighted by Gasteiger charge is -2.10. The van der Waals surface area contributed by atoms with Crippen LogP contribution in [0.1, 0.15) is 0 Å². The lowest BCUT2D eigenvalue weighted by Crippen LogP contribution is -2.01. The van der Waals surface area contributed by atoms with Gasteiger partial charge in [0.05, 0.1) is 21.8 Å². The molecule has 4 aromatic carbocycles. The van der Waals surface area contributed by atoms with Crippen molar-refractivity contribution in [1.82, 2.24) is 4.57 Å². The van der Waals surface area contributed by atoms with Gasteiger partial charge in [0, 0.05) is 21.8 Å². The van der Waals surface area contributed by atoms with E-state index in [0.717, 1.165) is 32.9 Å². The molecule has 0 unspecified atom stereocenters. The Morgan fingerprint density at radius 1 is 0.607 bits per heavy atom. The van der Waals surface area contributed by atoms with Gasteiger partial charge >= 0.3 is 5.63 Å². The number of hydrogen-bond acceptors (Lipinski definition) is 2. The molecular formula is C25H15NO2. The third-order valence-electron chi connectivity index (χ3n) is 5.43. The van der Waals surface area contributed by atoms with Crippen molar-refractivity contribution in [2.24, 2.45) is 0 Å². The molecule has 6 rings (SSSR count). The van der Waals surface area contributed by atoms with E-state index < -0.39 is 0 Å². The maximum Gasteiger partial charge on any atom is 0.344 e. The number of nitrogens with zero attached hydrogens (tertiary/aromatic N) is 1. The molecule has 0 aliphatic rings. The smallest absolute Gasteiger partial charge is 0.344 e. The van der Waals surface area contributed by atoms with Crippen LogP contribution in [0.25, 0.3) is 49.2 Å². The summed E-state index contributed by atoms with van der Waals surface area (Å²) in [6, 6.07) is 30.3. The first-order chi connectivity index (χ1) is 13.8. The van der Waals surface area contributed by atoms with Crippen molar-refractivity contribution < 1.29 is 4.42 Å². The maximum absolute atomic E-state index is 12.5. The van der Waals surface area contributed by atoms with Gasteiger partial charge in [-0.3, -0.25) is 0 Å². The van der Waals surface area contributed by atoms with E-state index in [1.54, 1.807) is 0 Å².